The quantitative estimate of drug-likeness (QED) is 0.411. The van der Waals surface area contributed by atoms with E-state index in [4.69, 9.17) is 5.26 Å². The number of hydrogen-bond donors (Lipinski definition) is 0. The molecule has 0 aliphatic rings. The highest BCUT2D eigenvalue weighted by atomic mass is 16.5. The van der Waals surface area contributed by atoms with Gasteiger partial charge in [-0.3, -0.25) is 9.59 Å². The van der Waals surface area contributed by atoms with Crippen molar-refractivity contribution in [2.75, 3.05) is 7.11 Å². The van der Waals surface area contributed by atoms with E-state index in [1.165, 1.54) is 25.4 Å². The van der Waals surface area contributed by atoms with E-state index in [2.05, 4.69) is 9.72 Å². The number of hydrogen-bond acceptors (Lipinski definition) is 5. The third kappa shape index (κ3) is 2.88. The van der Waals surface area contributed by atoms with Crippen molar-refractivity contribution in [1.29, 1.82) is 5.26 Å². The highest BCUT2D eigenvalue weighted by molar-refractivity contribution is 6.05. The van der Waals surface area contributed by atoms with Gasteiger partial charge in [0.15, 0.2) is 5.78 Å². The van der Waals surface area contributed by atoms with Crippen molar-refractivity contribution in [2.45, 2.75) is 6.42 Å². The molecule has 0 unspecified atom stereocenters. The predicted octanol–water partition coefficient (Wildman–Crippen LogP) is 0.699. The van der Waals surface area contributed by atoms with Gasteiger partial charge >= 0.3 is 5.97 Å². The average molecular weight is 204 g/mol. The minimum absolute atomic E-state index is 0.144. The Labute approximate surface area is 86.3 Å². The normalized spacial score (nSPS) is 9.07. The molecule has 0 fully saturated rings. The molecule has 0 amide bonds. The number of esters is 1. The van der Waals surface area contributed by atoms with Crippen LogP contribution >= 0.6 is 0 Å². The summed E-state index contributed by atoms with van der Waals surface area (Å²) in [6.45, 7) is 0. The van der Waals surface area contributed by atoms with Crippen LogP contribution < -0.4 is 0 Å². The van der Waals surface area contributed by atoms with Crippen LogP contribution in [-0.2, 0) is 9.53 Å². The largest absolute Gasteiger partial charge is 0.469 e. The minimum atomic E-state index is -0.602. The lowest BCUT2D eigenvalue weighted by atomic mass is 10.1. The minimum Gasteiger partial charge on any atom is -0.469 e. The van der Waals surface area contributed by atoms with Gasteiger partial charge in [-0.05, 0) is 12.1 Å². The lowest BCUT2D eigenvalue weighted by Crippen LogP contribution is -2.09. The van der Waals surface area contributed by atoms with Crippen molar-refractivity contribution in [3.05, 3.63) is 29.6 Å². The molecule has 76 valence electrons. The maximum atomic E-state index is 11.4. The van der Waals surface area contributed by atoms with Gasteiger partial charge in [-0.25, -0.2) is 4.98 Å². The first-order chi connectivity index (χ1) is 7.17. The van der Waals surface area contributed by atoms with Crippen molar-refractivity contribution in [2.24, 2.45) is 0 Å². The topological polar surface area (TPSA) is 80.1 Å². The molecule has 0 aliphatic carbocycles. The highest BCUT2D eigenvalue weighted by Gasteiger charge is 2.12. The van der Waals surface area contributed by atoms with Gasteiger partial charge in [-0.1, -0.05) is 0 Å². The number of methoxy groups -OCH3 is 1. The first kappa shape index (κ1) is 10.9. The van der Waals surface area contributed by atoms with Gasteiger partial charge in [0.05, 0.1) is 7.11 Å². The second-order valence-corrected chi connectivity index (χ2v) is 2.72. The van der Waals surface area contributed by atoms with Crippen LogP contribution in [0.25, 0.3) is 0 Å². The standard InChI is InChI=1S/C10H8N2O3/c1-15-10(14)5-9(13)7-2-3-12-8(4-7)6-11/h2-4H,5H2,1H3. The molecule has 15 heavy (non-hydrogen) atoms. The molecule has 1 aromatic rings. The fourth-order valence-corrected chi connectivity index (χ4v) is 0.970. The van der Waals surface area contributed by atoms with Crippen LogP contribution in [0.1, 0.15) is 22.5 Å². The summed E-state index contributed by atoms with van der Waals surface area (Å²) in [5.74, 6) is -0.990. The Morgan fingerprint density at radius 2 is 2.33 bits per heavy atom. The van der Waals surface area contributed by atoms with Crippen molar-refractivity contribution in [3.8, 4) is 6.07 Å². The number of nitrogens with zero attached hydrogens (tertiary/aromatic N) is 2. The molecular weight excluding hydrogens is 196 g/mol. The Bertz CT molecular complexity index is 435. The van der Waals surface area contributed by atoms with Gasteiger partial charge in [0, 0.05) is 11.8 Å². The summed E-state index contributed by atoms with van der Waals surface area (Å²) in [4.78, 5) is 26.0. The van der Waals surface area contributed by atoms with Crippen LogP contribution in [0.15, 0.2) is 18.3 Å². The molecule has 0 spiro atoms. The molecule has 1 rings (SSSR count). The first-order valence-electron chi connectivity index (χ1n) is 4.13. The summed E-state index contributed by atoms with van der Waals surface area (Å²) in [5, 5.41) is 8.56. The molecule has 0 atom stereocenters. The summed E-state index contributed by atoms with van der Waals surface area (Å²) in [5.41, 5.74) is 0.428. The Kier molecular flexibility index (Phi) is 3.52. The van der Waals surface area contributed by atoms with Crippen LogP contribution in [-0.4, -0.2) is 23.8 Å². The zero-order valence-corrected chi connectivity index (χ0v) is 8.06. The van der Waals surface area contributed by atoms with Gasteiger partial charge in [0.2, 0.25) is 0 Å². The number of aromatic nitrogens is 1. The van der Waals surface area contributed by atoms with Crippen molar-refractivity contribution in [1.82, 2.24) is 4.98 Å². The molecule has 0 saturated carbocycles. The number of Topliss-reactive ketones (excluding diaryl/α,β-unsaturated/α-hetero) is 1. The van der Waals surface area contributed by atoms with E-state index < -0.39 is 5.97 Å². The number of nitriles is 1. The Hall–Kier alpha value is -2.22. The molecule has 5 heteroatoms. The van der Waals surface area contributed by atoms with E-state index in [-0.39, 0.29) is 23.5 Å². The van der Waals surface area contributed by atoms with Gasteiger partial charge < -0.3 is 4.74 Å². The third-order valence-corrected chi connectivity index (χ3v) is 1.73. The zero-order chi connectivity index (χ0) is 11.3. The maximum absolute atomic E-state index is 11.4. The number of pyridine rings is 1. The van der Waals surface area contributed by atoms with Crippen LogP contribution in [0.4, 0.5) is 0 Å². The highest BCUT2D eigenvalue weighted by Crippen LogP contribution is 2.05. The molecule has 0 N–H and O–H groups in total. The zero-order valence-electron chi connectivity index (χ0n) is 8.06. The Balaban J connectivity index is 2.83. The summed E-state index contributed by atoms with van der Waals surface area (Å²) in [6, 6.07) is 4.60. The van der Waals surface area contributed by atoms with Crippen LogP contribution in [0.3, 0.4) is 0 Å². The summed E-state index contributed by atoms with van der Waals surface area (Å²) >= 11 is 0. The fourth-order valence-electron chi connectivity index (χ4n) is 0.970. The average Bonchev–Trinajstić information content (AvgIpc) is 2.28. The van der Waals surface area contributed by atoms with E-state index in [1.54, 1.807) is 0 Å². The fraction of sp³-hybridized carbons (Fsp3) is 0.200. The predicted molar refractivity (Wildman–Crippen MR) is 49.9 cm³/mol. The van der Waals surface area contributed by atoms with E-state index in [0.29, 0.717) is 0 Å². The third-order valence-electron chi connectivity index (χ3n) is 1.73. The monoisotopic (exact) mass is 204 g/mol. The number of ether oxygens (including phenoxy) is 1. The molecule has 0 aliphatic heterocycles. The lowest BCUT2D eigenvalue weighted by Gasteiger charge is -1.99. The molecule has 0 radical (unpaired) electrons. The second kappa shape index (κ2) is 4.86. The smallest absolute Gasteiger partial charge is 0.313 e. The van der Waals surface area contributed by atoms with Crippen molar-refractivity contribution < 1.29 is 14.3 Å². The Morgan fingerprint density at radius 1 is 1.60 bits per heavy atom. The van der Waals surface area contributed by atoms with Crippen molar-refractivity contribution in [3.63, 3.8) is 0 Å². The first-order valence-corrected chi connectivity index (χ1v) is 4.13. The van der Waals surface area contributed by atoms with E-state index >= 15 is 0 Å². The van der Waals surface area contributed by atoms with E-state index in [9.17, 15) is 9.59 Å². The van der Waals surface area contributed by atoms with Gasteiger partial charge in [0.1, 0.15) is 18.2 Å². The van der Waals surface area contributed by atoms with E-state index in [0.717, 1.165) is 0 Å². The summed E-state index contributed by atoms with van der Waals surface area (Å²) < 4.78 is 4.36. The molecular formula is C10H8N2O3. The number of rotatable bonds is 3. The number of carbonyl (C=O) groups is 2. The summed E-state index contributed by atoms with van der Waals surface area (Å²) in [7, 11) is 1.21. The molecule has 0 bridgehead atoms. The molecule has 1 aromatic heterocycles. The van der Waals surface area contributed by atoms with Gasteiger partial charge in [-0.15, -0.1) is 0 Å². The number of ketones is 1. The molecule has 0 saturated heterocycles. The van der Waals surface area contributed by atoms with Crippen LogP contribution in [0.2, 0.25) is 0 Å². The number of carbonyl (C=O) groups excluding carboxylic acids is 2. The molecule has 0 aromatic carbocycles. The molecule has 1 heterocycles. The van der Waals surface area contributed by atoms with Gasteiger partial charge in [-0.2, -0.15) is 5.26 Å². The van der Waals surface area contributed by atoms with Gasteiger partial charge in [0.25, 0.3) is 0 Å². The lowest BCUT2D eigenvalue weighted by molar-refractivity contribution is -0.139. The Morgan fingerprint density at radius 3 is 2.93 bits per heavy atom. The van der Waals surface area contributed by atoms with Crippen LogP contribution in [0, 0.1) is 11.3 Å². The SMILES string of the molecule is COC(=O)CC(=O)c1ccnc(C#N)c1. The van der Waals surface area contributed by atoms with E-state index in [1.807, 2.05) is 6.07 Å². The second-order valence-electron chi connectivity index (χ2n) is 2.72. The van der Waals surface area contributed by atoms with Crippen molar-refractivity contribution >= 4 is 11.8 Å². The summed E-state index contributed by atoms with van der Waals surface area (Å²) in [6.07, 6.45) is 1.02. The molecule has 5 nitrogen and oxygen atoms in total. The van der Waals surface area contributed by atoms with Crippen LogP contribution in [0.5, 0.6) is 0 Å². The maximum Gasteiger partial charge on any atom is 0.313 e.